The second kappa shape index (κ2) is 10.6. The first kappa shape index (κ1) is 23.0. The quantitative estimate of drug-likeness (QED) is 0.594. The maximum Gasteiger partial charge on any atom is 0.251 e. The number of carbonyl (C=O) groups excluding carboxylic acids is 1. The first-order valence-electron chi connectivity index (χ1n) is 10.5. The third-order valence-electron chi connectivity index (χ3n) is 4.96. The Morgan fingerprint density at radius 1 is 1.10 bits per heavy atom. The van der Waals surface area contributed by atoms with Crippen LogP contribution in [0.3, 0.4) is 0 Å². The van der Waals surface area contributed by atoms with Gasteiger partial charge in [-0.05, 0) is 56.7 Å². The van der Waals surface area contributed by atoms with E-state index in [0.717, 1.165) is 5.82 Å². The molecule has 0 unspecified atom stereocenters. The molecule has 1 fully saturated rings. The van der Waals surface area contributed by atoms with Crippen LogP contribution in [-0.2, 0) is 10.0 Å². The summed E-state index contributed by atoms with van der Waals surface area (Å²) in [4.78, 5) is 18.7. The number of rotatable bonds is 9. The lowest BCUT2D eigenvalue weighted by Crippen LogP contribution is -2.49. The molecular formula is C22H30N4O4S. The molecule has 0 atom stereocenters. The number of anilines is 1. The van der Waals surface area contributed by atoms with Gasteiger partial charge < -0.3 is 15.0 Å². The Hall–Kier alpha value is -2.65. The SMILES string of the molecule is CC(C)Oc1ccc(C(=O)NCCCS(=O)(=O)N2CCN(c3ccccn3)CC2)cc1. The van der Waals surface area contributed by atoms with Crippen molar-refractivity contribution >= 4 is 21.7 Å². The lowest BCUT2D eigenvalue weighted by Gasteiger charge is -2.34. The molecular weight excluding hydrogens is 416 g/mol. The van der Waals surface area contributed by atoms with Crippen molar-refractivity contribution in [1.29, 1.82) is 0 Å². The summed E-state index contributed by atoms with van der Waals surface area (Å²) >= 11 is 0. The average Bonchev–Trinajstić information content (AvgIpc) is 2.77. The summed E-state index contributed by atoms with van der Waals surface area (Å²) in [6.45, 7) is 6.29. The molecule has 31 heavy (non-hydrogen) atoms. The molecule has 1 aromatic carbocycles. The Kier molecular flexibility index (Phi) is 7.86. The minimum atomic E-state index is -3.35. The maximum atomic E-state index is 12.6. The van der Waals surface area contributed by atoms with Crippen LogP contribution >= 0.6 is 0 Å². The van der Waals surface area contributed by atoms with Gasteiger partial charge in [0, 0.05) is 44.5 Å². The van der Waals surface area contributed by atoms with E-state index < -0.39 is 10.0 Å². The van der Waals surface area contributed by atoms with Crippen molar-refractivity contribution < 1.29 is 17.9 Å². The van der Waals surface area contributed by atoms with Gasteiger partial charge in [0.15, 0.2) is 0 Å². The van der Waals surface area contributed by atoms with E-state index in [1.54, 1.807) is 30.5 Å². The number of carbonyl (C=O) groups is 1. The van der Waals surface area contributed by atoms with Crippen LogP contribution in [-0.4, -0.2) is 68.2 Å². The maximum absolute atomic E-state index is 12.6. The van der Waals surface area contributed by atoms with Gasteiger partial charge in [-0.3, -0.25) is 4.79 Å². The molecule has 8 nitrogen and oxygen atoms in total. The number of ether oxygens (including phenoxy) is 1. The fourth-order valence-electron chi connectivity index (χ4n) is 3.38. The van der Waals surface area contributed by atoms with E-state index in [0.29, 0.717) is 50.5 Å². The third kappa shape index (κ3) is 6.67. The summed E-state index contributed by atoms with van der Waals surface area (Å²) in [7, 11) is -3.35. The van der Waals surface area contributed by atoms with Crippen molar-refractivity contribution in [2.24, 2.45) is 0 Å². The molecule has 1 aliphatic heterocycles. The van der Waals surface area contributed by atoms with Crippen LogP contribution in [0.5, 0.6) is 5.75 Å². The zero-order valence-electron chi connectivity index (χ0n) is 18.0. The van der Waals surface area contributed by atoms with E-state index in [-0.39, 0.29) is 17.8 Å². The fraction of sp³-hybridized carbons (Fsp3) is 0.455. The van der Waals surface area contributed by atoms with Gasteiger partial charge in [-0.1, -0.05) is 6.07 Å². The summed E-state index contributed by atoms with van der Waals surface area (Å²) in [5, 5.41) is 2.78. The predicted octanol–water partition coefficient (Wildman–Crippen LogP) is 2.14. The molecule has 1 aromatic heterocycles. The van der Waals surface area contributed by atoms with Crippen molar-refractivity contribution in [3.05, 3.63) is 54.2 Å². The molecule has 0 saturated carbocycles. The summed E-state index contributed by atoms with van der Waals surface area (Å²) in [5.41, 5.74) is 0.518. The van der Waals surface area contributed by atoms with Crippen LogP contribution in [0.15, 0.2) is 48.7 Å². The van der Waals surface area contributed by atoms with Gasteiger partial charge >= 0.3 is 0 Å². The van der Waals surface area contributed by atoms with E-state index in [1.807, 2.05) is 32.0 Å². The summed E-state index contributed by atoms with van der Waals surface area (Å²) < 4.78 is 32.4. The fourth-order valence-corrected chi connectivity index (χ4v) is 4.87. The van der Waals surface area contributed by atoms with Crippen LogP contribution in [0.25, 0.3) is 0 Å². The van der Waals surface area contributed by atoms with Gasteiger partial charge in [0.25, 0.3) is 5.91 Å². The first-order chi connectivity index (χ1) is 14.8. The van der Waals surface area contributed by atoms with E-state index in [2.05, 4.69) is 15.2 Å². The molecule has 0 spiro atoms. The molecule has 2 heterocycles. The normalized spacial score (nSPS) is 15.1. The Morgan fingerprint density at radius 3 is 2.42 bits per heavy atom. The first-order valence-corrected chi connectivity index (χ1v) is 12.1. The minimum absolute atomic E-state index is 0.0119. The number of nitrogens with zero attached hydrogens (tertiary/aromatic N) is 3. The number of hydrogen-bond acceptors (Lipinski definition) is 6. The van der Waals surface area contributed by atoms with Crippen LogP contribution in [0.4, 0.5) is 5.82 Å². The van der Waals surface area contributed by atoms with Crippen molar-refractivity contribution in [1.82, 2.24) is 14.6 Å². The van der Waals surface area contributed by atoms with Crippen LogP contribution in [0.1, 0.15) is 30.6 Å². The monoisotopic (exact) mass is 446 g/mol. The predicted molar refractivity (Wildman–Crippen MR) is 121 cm³/mol. The molecule has 1 aliphatic rings. The van der Waals surface area contributed by atoms with E-state index in [9.17, 15) is 13.2 Å². The van der Waals surface area contributed by atoms with Gasteiger partial charge in [0.05, 0.1) is 11.9 Å². The van der Waals surface area contributed by atoms with Gasteiger partial charge in [0.1, 0.15) is 11.6 Å². The molecule has 168 valence electrons. The van der Waals surface area contributed by atoms with Gasteiger partial charge in [0.2, 0.25) is 10.0 Å². The zero-order chi connectivity index (χ0) is 22.3. The highest BCUT2D eigenvalue weighted by Gasteiger charge is 2.27. The third-order valence-corrected chi connectivity index (χ3v) is 6.91. The Balaban J connectivity index is 1.40. The lowest BCUT2D eigenvalue weighted by molar-refractivity contribution is 0.0953. The molecule has 3 rings (SSSR count). The van der Waals surface area contributed by atoms with E-state index >= 15 is 0 Å². The highest BCUT2D eigenvalue weighted by molar-refractivity contribution is 7.89. The van der Waals surface area contributed by atoms with Crippen molar-refractivity contribution in [3.63, 3.8) is 0 Å². The minimum Gasteiger partial charge on any atom is -0.491 e. The zero-order valence-corrected chi connectivity index (χ0v) is 18.8. The summed E-state index contributed by atoms with van der Waals surface area (Å²) in [6, 6.07) is 12.6. The van der Waals surface area contributed by atoms with E-state index in [1.165, 1.54) is 4.31 Å². The van der Waals surface area contributed by atoms with Crippen LogP contribution in [0.2, 0.25) is 0 Å². The number of piperazine rings is 1. The standard InChI is InChI=1S/C22H30N4O4S/c1-18(2)30-20-9-7-19(8-10-20)22(27)24-12-5-17-31(28,29)26-15-13-25(14-16-26)21-6-3-4-11-23-21/h3-4,6-11,18H,5,12-17H2,1-2H3,(H,24,27). The van der Waals surface area contributed by atoms with Crippen LogP contribution < -0.4 is 15.0 Å². The van der Waals surface area contributed by atoms with E-state index in [4.69, 9.17) is 4.74 Å². The van der Waals surface area contributed by atoms with Crippen molar-refractivity contribution in [2.75, 3.05) is 43.4 Å². The summed E-state index contributed by atoms with van der Waals surface area (Å²) in [6.07, 6.45) is 2.17. The Labute approximate surface area is 184 Å². The van der Waals surface area contributed by atoms with Crippen LogP contribution in [0, 0.1) is 0 Å². The number of sulfonamides is 1. The highest BCUT2D eigenvalue weighted by Crippen LogP contribution is 2.16. The Bertz CT molecular complexity index is 941. The number of benzene rings is 1. The van der Waals surface area contributed by atoms with Gasteiger partial charge in [-0.25, -0.2) is 13.4 Å². The second-order valence-corrected chi connectivity index (χ2v) is 9.78. The largest absolute Gasteiger partial charge is 0.491 e. The molecule has 1 amide bonds. The summed E-state index contributed by atoms with van der Waals surface area (Å²) in [5.74, 6) is 1.36. The molecule has 2 aromatic rings. The molecule has 0 bridgehead atoms. The molecule has 9 heteroatoms. The molecule has 1 N–H and O–H groups in total. The number of aromatic nitrogens is 1. The molecule has 0 radical (unpaired) electrons. The Morgan fingerprint density at radius 2 is 1.81 bits per heavy atom. The number of nitrogens with one attached hydrogen (secondary N) is 1. The lowest BCUT2D eigenvalue weighted by atomic mass is 10.2. The smallest absolute Gasteiger partial charge is 0.251 e. The van der Waals surface area contributed by atoms with Crippen molar-refractivity contribution in [3.8, 4) is 5.75 Å². The second-order valence-electron chi connectivity index (χ2n) is 7.69. The number of pyridine rings is 1. The topological polar surface area (TPSA) is 91.8 Å². The number of amides is 1. The van der Waals surface area contributed by atoms with Gasteiger partial charge in [-0.15, -0.1) is 0 Å². The van der Waals surface area contributed by atoms with Crippen molar-refractivity contribution in [2.45, 2.75) is 26.4 Å². The molecule has 1 saturated heterocycles. The highest BCUT2D eigenvalue weighted by atomic mass is 32.2. The average molecular weight is 447 g/mol. The molecule has 0 aliphatic carbocycles. The van der Waals surface area contributed by atoms with Gasteiger partial charge in [-0.2, -0.15) is 4.31 Å². The number of hydrogen-bond donors (Lipinski definition) is 1.